The van der Waals surface area contributed by atoms with Crippen LogP contribution in [0, 0.1) is 17.2 Å². The van der Waals surface area contributed by atoms with Gasteiger partial charge in [-0.15, -0.1) is 11.3 Å². The number of hydrazone groups is 1. The lowest BCUT2D eigenvalue weighted by atomic mass is 10.1. The zero-order valence-electron chi connectivity index (χ0n) is 11.8. The predicted molar refractivity (Wildman–Crippen MR) is 90.6 cm³/mol. The summed E-state index contributed by atoms with van der Waals surface area (Å²) in [5.74, 6) is 0.545. The summed E-state index contributed by atoms with van der Waals surface area (Å²) in [6.45, 7) is 4.29. The van der Waals surface area contributed by atoms with Gasteiger partial charge >= 0.3 is 0 Å². The van der Waals surface area contributed by atoms with E-state index in [0.717, 1.165) is 22.3 Å². The molecule has 0 aliphatic heterocycles. The van der Waals surface area contributed by atoms with Crippen molar-refractivity contribution in [2.45, 2.75) is 20.3 Å². The van der Waals surface area contributed by atoms with E-state index in [-0.39, 0.29) is 0 Å². The van der Waals surface area contributed by atoms with Crippen molar-refractivity contribution < 1.29 is 0 Å². The molecule has 1 aromatic carbocycles. The molecule has 4 nitrogen and oxygen atoms in total. The molecular formula is C15H15BrN4S. The van der Waals surface area contributed by atoms with Crippen molar-refractivity contribution in [3.63, 3.8) is 0 Å². The smallest absolute Gasteiger partial charge is 0.196 e. The van der Waals surface area contributed by atoms with E-state index in [0.29, 0.717) is 16.6 Å². The van der Waals surface area contributed by atoms with E-state index in [4.69, 9.17) is 0 Å². The third-order valence-corrected chi connectivity index (χ3v) is 4.05. The van der Waals surface area contributed by atoms with Crippen molar-refractivity contribution in [1.82, 2.24) is 4.98 Å². The van der Waals surface area contributed by atoms with Crippen molar-refractivity contribution in [2.75, 3.05) is 5.43 Å². The first-order valence-corrected chi connectivity index (χ1v) is 8.20. The van der Waals surface area contributed by atoms with Crippen molar-refractivity contribution >= 4 is 38.7 Å². The van der Waals surface area contributed by atoms with Gasteiger partial charge in [-0.25, -0.2) is 4.98 Å². The minimum Gasteiger partial charge on any atom is -0.277 e. The average molecular weight is 363 g/mol. The predicted octanol–water partition coefficient (Wildman–Crippen LogP) is 4.44. The molecule has 0 saturated heterocycles. The summed E-state index contributed by atoms with van der Waals surface area (Å²) in [5, 5.41) is 16.0. The van der Waals surface area contributed by atoms with Gasteiger partial charge in [0.25, 0.3) is 0 Å². The first-order valence-electron chi connectivity index (χ1n) is 6.52. The Kier molecular flexibility index (Phi) is 5.48. The van der Waals surface area contributed by atoms with Gasteiger partial charge < -0.3 is 0 Å². The number of anilines is 1. The van der Waals surface area contributed by atoms with Gasteiger partial charge in [0.1, 0.15) is 6.07 Å². The highest BCUT2D eigenvalue weighted by Gasteiger charge is 2.10. The molecule has 108 valence electrons. The van der Waals surface area contributed by atoms with E-state index in [1.807, 2.05) is 29.6 Å². The SMILES string of the molecule is CC(C)Cc1csc(/C(C#N)=N/Nc2ccc(Br)cc2)n1. The van der Waals surface area contributed by atoms with E-state index in [1.54, 1.807) is 0 Å². The number of rotatable bonds is 5. The highest BCUT2D eigenvalue weighted by Crippen LogP contribution is 2.16. The second-order valence-corrected chi connectivity index (χ2v) is 6.71. The Morgan fingerprint density at radius 1 is 1.43 bits per heavy atom. The maximum Gasteiger partial charge on any atom is 0.196 e. The van der Waals surface area contributed by atoms with Crippen LogP contribution in [0.1, 0.15) is 24.5 Å². The normalized spacial score (nSPS) is 11.5. The molecule has 0 fully saturated rings. The van der Waals surface area contributed by atoms with Gasteiger partial charge in [0, 0.05) is 9.85 Å². The number of nitriles is 1. The van der Waals surface area contributed by atoms with Crippen LogP contribution in [-0.4, -0.2) is 10.7 Å². The molecular weight excluding hydrogens is 348 g/mol. The monoisotopic (exact) mass is 362 g/mol. The Bertz CT molecular complexity index is 668. The fraction of sp³-hybridized carbons (Fsp3) is 0.267. The molecule has 1 N–H and O–H groups in total. The van der Waals surface area contributed by atoms with Gasteiger partial charge in [-0.05, 0) is 36.6 Å². The number of aromatic nitrogens is 1. The summed E-state index contributed by atoms with van der Waals surface area (Å²) in [6, 6.07) is 9.68. The topological polar surface area (TPSA) is 61.1 Å². The van der Waals surface area contributed by atoms with Gasteiger partial charge in [-0.3, -0.25) is 5.43 Å². The molecule has 0 bridgehead atoms. The van der Waals surface area contributed by atoms with E-state index in [1.165, 1.54) is 11.3 Å². The fourth-order valence-corrected chi connectivity index (χ4v) is 2.73. The molecule has 0 spiro atoms. The standard InChI is InChI=1S/C15H15BrN4S/c1-10(2)7-13-9-21-15(18-13)14(8-17)20-19-12-5-3-11(16)4-6-12/h3-6,9-10,19H,7H2,1-2H3/b20-14+. The van der Waals surface area contributed by atoms with Crippen molar-refractivity contribution in [2.24, 2.45) is 11.0 Å². The molecule has 2 rings (SSSR count). The summed E-state index contributed by atoms with van der Waals surface area (Å²) in [5.41, 5.74) is 5.02. The molecule has 1 aromatic heterocycles. The van der Waals surface area contributed by atoms with E-state index < -0.39 is 0 Å². The number of thiazole rings is 1. The summed E-state index contributed by atoms with van der Waals surface area (Å²) in [6.07, 6.45) is 0.912. The quantitative estimate of drug-likeness (QED) is 0.631. The van der Waals surface area contributed by atoms with Crippen LogP contribution in [0.2, 0.25) is 0 Å². The van der Waals surface area contributed by atoms with Crippen LogP contribution < -0.4 is 5.43 Å². The summed E-state index contributed by atoms with van der Waals surface area (Å²) >= 11 is 4.82. The summed E-state index contributed by atoms with van der Waals surface area (Å²) in [4.78, 5) is 4.47. The number of hydrogen-bond donors (Lipinski definition) is 1. The lowest BCUT2D eigenvalue weighted by molar-refractivity contribution is 0.638. The molecule has 0 atom stereocenters. The van der Waals surface area contributed by atoms with Gasteiger partial charge in [-0.2, -0.15) is 10.4 Å². The molecule has 1 heterocycles. The summed E-state index contributed by atoms with van der Waals surface area (Å²) < 4.78 is 0.996. The number of halogens is 1. The molecule has 0 aliphatic carbocycles. The molecule has 2 aromatic rings. The Morgan fingerprint density at radius 3 is 2.76 bits per heavy atom. The number of hydrogen-bond acceptors (Lipinski definition) is 5. The van der Waals surface area contributed by atoms with Crippen LogP contribution in [0.5, 0.6) is 0 Å². The Balaban J connectivity index is 2.12. The highest BCUT2D eigenvalue weighted by molar-refractivity contribution is 9.10. The molecule has 0 radical (unpaired) electrons. The third-order valence-electron chi connectivity index (χ3n) is 2.62. The number of nitrogens with zero attached hydrogens (tertiary/aromatic N) is 3. The molecule has 0 amide bonds. The Morgan fingerprint density at radius 2 is 2.14 bits per heavy atom. The van der Waals surface area contributed by atoms with Crippen molar-refractivity contribution in [1.29, 1.82) is 5.26 Å². The lowest BCUT2D eigenvalue weighted by Crippen LogP contribution is -2.02. The van der Waals surface area contributed by atoms with Crippen LogP contribution >= 0.6 is 27.3 Å². The van der Waals surface area contributed by atoms with Crippen molar-refractivity contribution in [3.8, 4) is 6.07 Å². The maximum absolute atomic E-state index is 9.23. The fourth-order valence-electron chi connectivity index (χ4n) is 1.69. The number of benzene rings is 1. The van der Waals surface area contributed by atoms with Gasteiger partial charge in [0.05, 0.1) is 11.4 Å². The van der Waals surface area contributed by atoms with Gasteiger partial charge in [0.2, 0.25) is 0 Å². The largest absolute Gasteiger partial charge is 0.277 e. The Labute approximate surface area is 136 Å². The lowest BCUT2D eigenvalue weighted by Gasteiger charge is -2.01. The van der Waals surface area contributed by atoms with Crippen LogP contribution in [0.15, 0.2) is 39.2 Å². The van der Waals surface area contributed by atoms with Crippen LogP contribution in [0.25, 0.3) is 0 Å². The van der Waals surface area contributed by atoms with E-state index in [2.05, 4.69) is 51.4 Å². The van der Waals surface area contributed by atoms with Crippen LogP contribution in [0.4, 0.5) is 5.69 Å². The summed E-state index contributed by atoms with van der Waals surface area (Å²) in [7, 11) is 0. The first-order chi connectivity index (χ1) is 10.1. The minimum absolute atomic E-state index is 0.304. The third kappa shape index (κ3) is 4.66. The van der Waals surface area contributed by atoms with Crippen molar-refractivity contribution in [3.05, 3.63) is 44.8 Å². The molecule has 0 unspecified atom stereocenters. The van der Waals surface area contributed by atoms with Crippen LogP contribution in [-0.2, 0) is 6.42 Å². The van der Waals surface area contributed by atoms with E-state index >= 15 is 0 Å². The Hall–Kier alpha value is -1.71. The van der Waals surface area contributed by atoms with Gasteiger partial charge in [-0.1, -0.05) is 29.8 Å². The maximum atomic E-state index is 9.23. The minimum atomic E-state index is 0.304. The highest BCUT2D eigenvalue weighted by atomic mass is 79.9. The molecule has 6 heteroatoms. The molecule has 0 saturated carbocycles. The average Bonchev–Trinajstić information content (AvgIpc) is 2.89. The molecule has 0 aliphatic rings. The van der Waals surface area contributed by atoms with Crippen LogP contribution in [0.3, 0.4) is 0 Å². The second-order valence-electron chi connectivity index (χ2n) is 4.93. The zero-order chi connectivity index (χ0) is 15.2. The first kappa shape index (κ1) is 15.7. The van der Waals surface area contributed by atoms with Gasteiger partial charge in [0.15, 0.2) is 10.7 Å². The number of nitrogens with one attached hydrogen (secondary N) is 1. The second kappa shape index (κ2) is 7.34. The zero-order valence-corrected chi connectivity index (χ0v) is 14.2. The molecule has 21 heavy (non-hydrogen) atoms. The van der Waals surface area contributed by atoms with E-state index in [9.17, 15) is 5.26 Å².